The molecule has 0 aliphatic carbocycles. The predicted molar refractivity (Wildman–Crippen MR) is 133 cm³/mol. The van der Waals surface area contributed by atoms with Gasteiger partial charge in [-0.1, -0.05) is 17.7 Å². The number of carbonyl (C=O) groups is 4. The number of esters is 4. The predicted octanol–water partition coefficient (Wildman–Crippen LogP) is 3.17. The summed E-state index contributed by atoms with van der Waals surface area (Å²) in [6.07, 6.45) is -13.8. The first-order chi connectivity index (χ1) is 19.6. The quantitative estimate of drug-likeness (QED) is 0.269. The van der Waals surface area contributed by atoms with Gasteiger partial charge in [-0.15, -0.1) is 5.11 Å². The van der Waals surface area contributed by atoms with Gasteiger partial charge in [-0.05, 0) is 19.1 Å². The van der Waals surface area contributed by atoms with E-state index in [2.05, 4.69) is 10.2 Å². The van der Waals surface area contributed by atoms with Gasteiger partial charge in [0.15, 0.2) is 35.9 Å². The standard InChI is InChI=1S/C25H27F3N4O10/c1-11-6-8-16(9-7-11)29-30-18-22(25(26,27)28)31-32(23(18)37)24-21(41-15(5)36)20(40-14(4)35)19(39-13(3)34)17(42-24)10-38-12(2)33/h6-9,17,19-21,24,31H,10H2,1-5H3/t17-,19-,20+,21-,24-/m1/s1. The van der Waals surface area contributed by atoms with Gasteiger partial charge in [-0.2, -0.15) is 18.3 Å². The van der Waals surface area contributed by atoms with Crippen molar-refractivity contribution in [3.63, 3.8) is 0 Å². The first kappa shape index (κ1) is 32.0. The van der Waals surface area contributed by atoms with Crippen molar-refractivity contribution < 1.29 is 56.0 Å². The number of nitrogens with zero attached hydrogens (tertiary/aromatic N) is 3. The fraction of sp³-hybridized carbons (Fsp3) is 0.480. The number of benzene rings is 1. The number of azo groups is 1. The minimum Gasteiger partial charge on any atom is -0.463 e. The second kappa shape index (κ2) is 13.0. The van der Waals surface area contributed by atoms with Gasteiger partial charge >= 0.3 is 30.1 Å². The van der Waals surface area contributed by atoms with Crippen molar-refractivity contribution in [1.29, 1.82) is 0 Å². The summed E-state index contributed by atoms with van der Waals surface area (Å²) in [4.78, 5) is 60.8. The highest BCUT2D eigenvalue weighted by Gasteiger charge is 2.54. The molecule has 17 heteroatoms. The Morgan fingerprint density at radius 3 is 1.95 bits per heavy atom. The van der Waals surface area contributed by atoms with Crippen molar-refractivity contribution in [2.75, 3.05) is 6.61 Å². The molecule has 1 aromatic carbocycles. The number of aromatic nitrogens is 2. The van der Waals surface area contributed by atoms with Gasteiger partial charge in [0.25, 0.3) is 5.56 Å². The normalized spacial score (nSPS) is 22.4. The monoisotopic (exact) mass is 600 g/mol. The molecule has 0 amide bonds. The largest absolute Gasteiger partial charge is 0.463 e. The van der Waals surface area contributed by atoms with Crippen LogP contribution in [0.1, 0.15) is 45.2 Å². The Bertz CT molecular complexity index is 1420. The summed E-state index contributed by atoms with van der Waals surface area (Å²) >= 11 is 0. The third-order valence-corrected chi connectivity index (χ3v) is 5.69. The molecule has 5 atom stereocenters. The Balaban J connectivity index is 2.20. The first-order valence-electron chi connectivity index (χ1n) is 12.3. The van der Waals surface area contributed by atoms with Crippen molar-refractivity contribution in [2.45, 2.75) is 71.4 Å². The molecular weight excluding hydrogens is 573 g/mol. The Hall–Kier alpha value is -4.54. The zero-order valence-corrected chi connectivity index (χ0v) is 23.0. The molecule has 0 radical (unpaired) electrons. The number of rotatable bonds is 8. The zero-order valence-electron chi connectivity index (χ0n) is 23.0. The SMILES string of the molecule is CC(=O)OC[C@H]1O[C@@H](n2[nH]c(C(F)(F)F)c(N=Nc3ccc(C)cc3)c2=O)[C@H](OC(C)=O)[C@@H](OC(C)=O)[C@@H]1OC(C)=O. The van der Waals surface area contributed by atoms with Crippen molar-refractivity contribution in [1.82, 2.24) is 9.78 Å². The molecule has 0 spiro atoms. The number of aromatic amines is 1. The van der Waals surface area contributed by atoms with Crippen LogP contribution in [0.15, 0.2) is 39.3 Å². The molecule has 14 nitrogen and oxygen atoms in total. The number of aryl methyl sites for hydroxylation is 1. The summed E-state index contributed by atoms with van der Waals surface area (Å²) in [5.74, 6) is -3.70. The third-order valence-electron chi connectivity index (χ3n) is 5.69. The second-order valence-electron chi connectivity index (χ2n) is 9.13. The molecule has 1 aliphatic heterocycles. The number of hydrogen-bond acceptors (Lipinski definition) is 12. The molecule has 1 fully saturated rings. The third kappa shape index (κ3) is 7.80. The molecule has 0 unspecified atom stereocenters. The number of carbonyl (C=O) groups excluding carboxylic acids is 4. The maximum Gasteiger partial charge on any atom is 0.435 e. The highest BCUT2D eigenvalue weighted by Crippen LogP contribution is 2.38. The molecular formula is C25H27F3N4O10. The molecule has 42 heavy (non-hydrogen) atoms. The van der Waals surface area contributed by atoms with Crippen LogP contribution < -0.4 is 5.56 Å². The second-order valence-corrected chi connectivity index (χ2v) is 9.13. The maximum absolute atomic E-state index is 14.0. The van der Waals surface area contributed by atoms with E-state index in [4.69, 9.17) is 23.7 Å². The molecule has 0 saturated carbocycles. The fourth-order valence-electron chi connectivity index (χ4n) is 4.05. The summed E-state index contributed by atoms with van der Waals surface area (Å²) in [7, 11) is 0. The molecule has 2 aromatic rings. The van der Waals surface area contributed by atoms with Crippen LogP contribution in [0.5, 0.6) is 0 Å². The van der Waals surface area contributed by atoms with E-state index in [0.717, 1.165) is 33.3 Å². The smallest absolute Gasteiger partial charge is 0.435 e. The highest BCUT2D eigenvalue weighted by molar-refractivity contribution is 5.68. The molecule has 1 aromatic heterocycles. The van der Waals surface area contributed by atoms with Crippen LogP contribution in [0, 0.1) is 6.92 Å². The lowest BCUT2D eigenvalue weighted by Gasteiger charge is -2.44. The van der Waals surface area contributed by atoms with E-state index in [1.54, 1.807) is 19.1 Å². The van der Waals surface area contributed by atoms with Gasteiger partial charge in [0.2, 0.25) is 0 Å². The van der Waals surface area contributed by atoms with Gasteiger partial charge in [0.05, 0.1) is 5.69 Å². The number of ether oxygens (including phenoxy) is 5. The van der Waals surface area contributed by atoms with Crippen LogP contribution in [-0.4, -0.2) is 64.7 Å². The van der Waals surface area contributed by atoms with Gasteiger partial charge in [0.1, 0.15) is 12.7 Å². The minimum atomic E-state index is -5.15. The van der Waals surface area contributed by atoms with Crippen molar-refractivity contribution in [3.05, 3.63) is 45.9 Å². The van der Waals surface area contributed by atoms with Crippen LogP contribution >= 0.6 is 0 Å². The van der Waals surface area contributed by atoms with Gasteiger partial charge in [0, 0.05) is 27.7 Å². The van der Waals surface area contributed by atoms with Crippen molar-refractivity contribution >= 4 is 35.3 Å². The zero-order chi connectivity index (χ0) is 31.4. The van der Waals surface area contributed by atoms with Gasteiger partial charge in [-0.25, -0.2) is 4.68 Å². The molecule has 1 aliphatic rings. The van der Waals surface area contributed by atoms with E-state index >= 15 is 0 Å². The Kier molecular flexibility index (Phi) is 9.87. The molecule has 2 heterocycles. The summed E-state index contributed by atoms with van der Waals surface area (Å²) in [6.45, 7) is 5.07. The van der Waals surface area contributed by atoms with E-state index in [1.165, 1.54) is 12.1 Å². The van der Waals surface area contributed by atoms with E-state index in [1.807, 2.05) is 5.10 Å². The average Bonchev–Trinajstić information content (AvgIpc) is 3.20. The van der Waals surface area contributed by atoms with Crippen LogP contribution in [0.2, 0.25) is 0 Å². The van der Waals surface area contributed by atoms with Crippen LogP contribution in [0.4, 0.5) is 24.5 Å². The summed E-state index contributed by atoms with van der Waals surface area (Å²) < 4.78 is 68.9. The molecule has 1 saturated heterocycles. The van der Waals surface area contributed by atoms with Crippen LogP contribution in [-0.2, 0) is 49.0 Å². The van der Waals surface area contributed by atoms with Gasteiger partial charge in [-0.3, -0.25) is 29.1 Å². The summed E-state index contributed by atoms with van der Waals surface area (Å²) in [6, 6.07) is 6.20. The number of alkyl halides is 3. The lowest BCUT2D eigenvalue weighted by Crippen LogP contribution is -2.61. The lowest BCUT2D eigenvalue weighted by molar-refractivity contribution is -0.271. The van der Waals surface area contributed by atoms with Crippen molar-refractivity contribution in [3.8, 4) is 0 Å². The Morgan fingerprint density at radius 2 is 1.43 bits per heavy atom. The van der Waals surface area contributed by atoms with E-state index in [-0.39, 0.29) is 5.69 Å². The number of hydrogen-bond donors (Lipinski definition) is 1. The Morgan fingerprint density at radius 1 is 0.881 bits per heavy atom. The topological polar surface area (TPSA) is 177 Å². The highest BCUT2D eigenvalue weighted by atomic mass is 19.4. The fourth-order valence-corrected chi connectivity index (χ4v) is 4.05. The molecule has 228 valence electrons. The Labute approximate surface area is 235 Å². The van der Waals surface area contributed by atoms with E-state index in [9.17, 15) is 37.1 Å². The van der Waals surface area contributed by atoms with E-state index in [0.29, 0.717) is 4.68 Å². The minimum absolute atomic E-state index is 0.146. The van der Waals surface area contributed by atoms with E-state index < -0.39 is 84.2 Å². The first-order valence-corrected chi connectivity index (χ1v) is 12.3. The lowest BCUT2D eigenvalue weighted by atomic mass is 9.97. The molecule has 3 rings (SSSR count). The maximum atomic E-state index is 14.0. The average molecular weight is 601 g/mol. The number of H-pyrrole nitrogens is 1. The summed E-state index contributed by atoms with van der Waals surface area (Å²) in [5, 5.41) is 9.13. The number of halogens is 3. The number of nitrogens with one attached hydrogen (secondary N) is 1. The van der Waals surface area contributed by atoms with Crippen LogP contribution in [0.25, 0.3) is 0 Å². The van der Waals surface area contributed by atoms with Gasteiger partial charge < -0.3 is 23.7 Å². The van der Waals surface area contributed by atoms with Crippen LogP contribution in [0.3, 0.4) is 0 Å². The van der Waals surface area contributed by atoms with Crippen molar-refractivity contribution in [2.24, 2.45) is 10.2 Å². The molecule has 1 N–H and O–H groups in total. The molecule has 0 bridgehead atoms. The summed E-state index contributed by atoms with van der Waals surface area (Å²) in [5.41, 5.74) is -3.18.